The summed E-state index contributed by atoms with van der Waals surface area (Å²) in [5, 5.41) is 0. The standard InChI is InChI=1S/C21H30O3/c1-15(2)14-21(4)20(24-21)8-5-16(3)9-11-22-18-7-6-17-10-12-23-19(17)13-18/h6-7,9,13,15,20H,5,8,10-12,14H2,1-4H3/b16-9+. The minimum absolute atomic E-state index is 0.120. The van der Waals surface area contributed by atoms with Crippen LogP contribution < -0.4 is 9.47 Å². The highest BCUT2D eigenvalue weighted by atomic mass is 16.6. The second kappa shape index (κ2) is 7.18. The lowest BCUT2D eigenvalue weighted by Gasteiger charge is -2.09. The van der Waals surface area contributed by atoms with Gasteiger partial charge < -0.3 is 14.2 Å². The summed E-state index contributed by atoms with van der Waals surface area (Å²) in [6.45, 7) is 10.3. The molecule has 0 radical (unpaired) electrons. The molecule has 0 N–H and O–H groups in total. The van der Waals surface area contributed by atoms with Crippen molar-refractivity contribution >= 4 is 0 Å². The second-order valence-electron chi connectivity index (χ2n) is 7.79. The summed E-state index contributed by atoms with van der Waals surface area (Å²) in [5.74, 6) is 2.56. The van der Waals surface area contributed by atoms with Crippen molar-refractivity contribution in [1.29, 1.82) is 0 Å². The number of rotatable bonds is 8. The Morgan fingerprint density at radius 1 is 1.42 bits per heavy atom. The fourth-order valence-corrected chi connectivity index (χ4v) is 3.62. The van der Waals surface area contributed by atoms with E-state index in [2.05, 4.69) is 39.8 Å². The molecular formula is C21H30O3. The lowest BCUT2D eigenvalue weighted by molar-refractivity contribution is 0.274. The van der Waals surface area contributed by atoms with Gasteiger partial charge in [0, 0.05) is 12.5 Å². The van der Waals surface area contributed by atoms with E-state index in [-0.39, 0.29) is 5.60 Å². The molecule has 2 aliphatic heterocycles. The van der Waals surface area contributed by atoms with Crippen molar-refractivity contribution in [3.05, 3.63) is 35.4 Å². The van der Waals surface area contributed by atoms with Crippen LogP contribution in [0.1, 0.15) is 52.5 Å². The Morgan fingerprint density at radius 3 is 3.04 bits per heavy atom. The molecule has 132 valence electrons. The zero-order valence-electron chi connectivity index (χ0n) is 15.4. The molecular weight excluding hydrogens is 300 g/mol. The maximum Gasteiger partial charge on any atom is 0.126 e. The first-order valence-corrected chi connectivity index (χ1v) is 9.18. The van der Waals surface area contributed by atoms with E-state index >= 15 is 0 Å². The second-order valence-corrected chi connectivity index (χ2v) is 7.79. The van der Waals surface area contributed by atoms with Crippen LogP contribution in [0.3, 0.4) is 0 Å². The van der Waals surface area contributed by atoms with Gasteiger partial charge in [-0.2, -0.15) is 0 Å². The molecule has 0 aliphatic carbocycles. The van der Waals surface area contributed by atoms with Crippen molar-refractivity contribution in [3.63, 3.8) is 0 Å². The van der Waals surface area contributed by atoms with Crippen LogP contribution >= 0.6 is 0 Å². The van der Waals surface area contributed by atoms with E-state index in [1.807, 2.05) is 12.1 Å². The molecule has 1 aromatic rings. The van der Waals surface area contributed by atoms with Crippen molar-refractivity contribution in [2.75, 3.05) is 13.2 Å². The predicted molar refractivity (Wildman–Crippen MR) is 96.9 cm³/mol. The molecule has 0 amide bonds. The number of ether oxygens (including phenoxy) is 3. The monoisotopic (exact) mass is 330 g/mol. The number of benzene rings is 1. The van der Waals surface area contributed by atoms with Crippen LogP contribution in [0.4, 0.5) is 0 Å². The molecule has 0 spiro atoms. The van der Waals surface area contributed by atoms with Gasteiger partial charge in [-0.1, -0.05) is 25.5 Å². The van der Waals surface area contributed by atoms with E-state index in [4.69, 9.17) is 14.2 Å². The van der Waals surface area contributed by atoms with E-state index < -0.39 is 0 Å². The maximum absolute atomic E-state index is 5.91. The average Bonchev–Trinajstić information content (AvgIpc) is 2.94. The molecule has 2 atom stereocenters. The smallest absolute Gasteiger partial charge is 0.126 e. The first-order chi connectivity index (χ1) is 11.5. The highest BCUT2D eigenvalue weighted by Gasteiger charge is 2.51. The Labute approximate surface area is 146 Å². The Kier molecular flexibility index (Phi) is 5.19. The van der Waals surface area contributed by atoms with Gasteiger partial charge in [0.2, 0.25) is 0 Å². The highest BCUT2D eigenvalue weighted by molar-refractivity contribution is 5.42. The Morgan fingerprint density at radius 2 is 2.25 bits per heavy atom. The summed E-state index contributed by atoms with van der Waals surface area (Å²) in [6, 6.07) is 6.14. The van der Waals surface area contributed by atoms with Gasteiger partial charge in [0.05, 0.1) is 18.3 Å². The summed E-state index contributed by atoms with van der Waals surface area (Å²) in [7, 11) is 0. The van der Waals surface area contributed by atoms with Crippen LogP contribution in [0.2, 0.25) is 0 Å². The fourth-order valence-electron chi connectivity index (χ4n) is 3.62. The topological polar surface area (TPSA) is 31.0 Å². The van der Waals surface area contributed by atoms with Crippen LogP contribution in [0.15, 0.2) is 29.8 Å². The van der Waals surface area contributed by atoms with Crippen molar-refractivity contribution in [2.24, 2.45) is 5.92 Å². The average molecular weight is 330 g/mol. The summed E-state index contributed by atoms with van der Waals surface area (Å²) >= 11 is 0. The van der Waals surface area contributed by atoms with Crippen molar-refractivity contribution in [2.45, 2.75) is 65.1 Å². The van der Waals surface area contributed by atoms with Crippen LogP contribution in [-0.4, -0.2) is 24.9 Å². The molecule has 3 heteroatoms. The van der Waals surface area contributed by atoms with Crippen LogP contribution in [0.5, 0.6) is 11.5 Å². The maximum atomic E-state index is 5.91. The molecule has 0 aromatic heterocycles. The zero-order chi connectivity index (χ0) is 17.2. The number of epoxide rings is 1. The predicted octanol–water partition coefficient (Wildman–Crippen LogP) is 4.93. The van der Waals surface area contributed by atoms with Gasteiger partial charge in [-0.25, -0.2) is 0 Å². The van der Waals surface area contributed by atoms with Crippen LogP contribution in [-0.2, 0) is 11.2 Å². The summed E-state index contributed by atoms with van der Waals surface area (Å²) in [4.78, 5) is 0. The Bertz CT molecular complexity index is 605. The first kappa shape index (κ1) is 17.3. The molecule has 24 heavy (non-hydrogen) atoms. The first-order valence-electron chi connectivity index (χ1n) is 9.18. The van der Waals surface area contributed by atoms with Gasteiger partial charge in [-0.05, 0) is 56.7 Å². The van der Waals surface area contributed by atoms with E-state index in [9.17, 15) is 0 Å². The minimum atomic E-state index is 0.120. The third kappa shape index (κ3) is 4.32. The number of allylic oxidation sites excluding steroid dienone is 1. The van der Waals surface area contributed by atoms with E-state index in [0.717, 1.165) is 43.8 Å². The third-order valence-electron chi connectivity index (χ3n) is 5.00. The number of hydrogen-bond donors (Lipinski definition) is 0. The van der Waals surface area contributed by atoms with Crippen LogP contribution in [0.25, 0.3) is 0 Å². The lowest BCUT2D eigenvalue weighted by atomic mass is 9.93. The van der Waals surface area contributed by atoms with Gasteiger partial charge in [0.1, 0.15) is 18.1 Å². The highest BCUT2D eigenvalue weighted by Crippen LogP contribution is 2.44. The molecule has 2 unspecified atom stereocenters. The normalized spacial score (nSPS) is 25.5. The quantitative estimate of drug-likeness (QED) is 0.500. The largest absolute Gasteiger partial charge is 0.493 e. The van der Waals surface area contributed by atoms with Crippen molar-refractivity contribution in [3.8, 4) is 11.5 Å². The van der Waals surface area contributed by atoms with Gasteiger partial charge in [0.15, 0.2) is 0 Å². The van der Waals surface area contributed by atoms with Gasteiger partial charge in [-0.3, -0.25) is 0 Å². The zero-order valence-corrected chi connectivity index (χ0v) is 15.4. The Hall–Kier alpha value is -1.48. The summed E-state index contributed by atoms with van der Waals surface area (Å²) in [6.07, 6.45) is 6.96. The molecule has 1 aromatic carbocycles. The molecule has 1 saturated heterocycles. The van der Waals surface area contributed by atoms with E-state index in [1.54, 1.807) is 0 Å². The number of hydrogen-bond acceptors (Lipinski definition) is 3. The molecule has 2 aliphatic rings. The summed E-state index contributed by atoms with van der Waals surface area (Å²) < 4.78 is 17.3. The van der Waals surface area contributed by atoms with E-state index in [0.29, 0.717) is 18.6 Å². The van der Waals surface area contributed by atoms with Gasteiger partial charge >= 0.3 is 0 Å². The molecule has 3 rings (SSSR count). The Balaban J connectivity index is 1.39. The lowest BCUT2D eigenvalue weighted by Crippen LogP contribution is -2.13. The number of fused-ring (bicyclic) bond motifs is 1. The van der Waals surface area contributed by atoms with E-state index in [1.165, 1.54) is 11.1 Å². The molecule has 3 nitrogen and oxygen atoms in total. The third-order valence-corrected chi connectivity index (χ3v) is 5.00. The van der Waals surface area contributed by atoms with Crippen LogP contribution in [0, 0.1) is 5.92 Å². The van der Waals surface area contributed by atoms with Crippen molar-refractivity contribution < 1.29 is 14.2 Å². The van der Waals surface area contributed by atoms with Gasteiger partial charge in [-0.15, -0.1) is 0 Å². The fraction of sp³-hybridized carbons (Fsp3) is 0.619. The molecule has 0 bridgehead atoms. The SMILES string of the molecule is C/C(=C\COc1ccc2c(c1)OCC2)CCC1OC1(C)CC(C)C. The molecule has 1 fully saturated rings. The minimum Gasteiger partial charge on any atom is -0.493 e. The summed E-state index contributed by atoms with van der Waals surface area (Å²) in [5.41, 5.74) is 2.77. The van der Waals surface area contributed by atoms with Gasteiger partial charge in [0.25, 0.3) is 0 Å². The molecule has 0 saturated carbocycles. The van der Waals surface area contributed by atoms with Crippen molar-refractivity contribution in [1.82, 2.24) is 0 Å². The molecule has 2 heterocycles.